The first-order chi connectivity index (χ1) is 8.49. The number of carbonyl (C=O) groups is 1. The summed E-state index contributed by atoms with van der Waals surface area (Å²) in [4.78, 5) is 13.1. The lowest BCUT2D eigenvalue weighted by Crippen LogP contribution is -1.99. The third kappa shape index (κ3) is 4.40. The van der Waals surface area contributed by atoms with Gasteiger partial charge in [0.1, 0.15) is 5.75 Å². The molecule has 0 spiro atoms. The van der Waals surface area contributed by atoms with Crippen molar-refractivity contribution >= 4 is 11.7 Å². The lowest BCUT2D eigenvalue weighted by Gasteiger charge is -2.05. The summed E-state index contributed by atoms with van der Waals surface area (Å²) < 4.78 is 0. The van der Waals surface area contributed by atoms with E-state index in [1.54, 1.807) is 6.20 Å². The van der Waals surface area contributed by atoms with Gasteiger partial charge in [0.05, 0.1) is 11.3 Å². The summed E-state index contributed by atoms with van der Waals surface area (Å²) in [6, 6.07) is 6.60. The van der Waals surface area contributed by atoms with Crippen molar-refractivity contribution in [3.05, 3.63) is 48.3 Å². The van der Waals surface area contributed by atoms with Crippen LogP contribution in [0.2, 0.25) is 0 Å². The molecule has 0 unspecified atom stereocenters. The van der Waals surface area contributed by atoms with Crippen LogP contribution in [0.4, 0.5) is 5.69 Å². The highest BCUT2D eigenvalue weighted by molar-refractivity contribution is 5.88. The summed E-state index contributed by atoms with van der Waals surface area (Å²) in [6.45, 7) is 0. The van der Waals surface area contributed by atoms with E-state index in [2.05, 4.69) is 4.98 Å². The van der Waals surface area contributed by atoms with Crippen molar-refractivity contribution in [2.75, 3.05) is 5.73 Å². The summed E-state index contributed by atoms with van der Waals surface area (Å²) in [7, 11) is 0. The maximum atomic E-state index is 10.6. The summed E-state index contributed by atoms with van der Waals surface area (Å²) in [5, 5.41) is 27.8. The number of nitrogens with one attached hydrogen (secondary N) is 1. The maximum absolute atomic E-state index is 10.6. The Kier molecular flexibility index (Phi) is 4.50. The van der Waals surface area contributed by atoms with Gasteiger partial charge in [0.15, 0.2) is 12.4 Å². The third-order valence-electron chi connectivity index (χ3n) is 1.87. The van der Waals surface area contributed by atoms with E-state index in [9.17, 15) is 9.90 Å². The molecule has 0 aliphatic heterocycles. The number of aromatic carboxylic acids is 1. The Morgan fingerprint density at radius 1 is 1.33 bits per heavy atom. The number of nitrogen functional groups attached to an aromatic ring is 1. The van der Waals surface area contributed by atoms with E-state index < -0.39 is 11.7 Å². The molecule has 94 valence electrons. The predicted molar refractivity (Wildman–Crippen MR) is 61.9 cm³/mol. The molecule has 0 saturated heterocycles. The molecule has 0 aliphatic rings. The molecule has 0 radical (unpaired) electrons. The number of aromatic nitrogens is 1. The number of pyridine rings is 1. The van der Waals surface area contributed by atoms with Gasteiger partial charge in [0.2, 0.25) is 0 Å². The highest BCUT2D eigenvalue weighted by atomic mass is 16.4. The van der Waals surface area contributed by atoms with Crippen LogP contribution in [-0.2, 0) is 0 Å². The Bertz CT molecular complexity index is 509. The van der Waals surface area contributed by atoms with Crippen LogP contribution in [0.3, 0.4) is 0 Å². The molecular formula is C12H12N2O4. The van der Waals surface area contributed by atoms with Gasteiger partial charge in [-0.3, -0.25) is 0 Å². The number of hydrogen-bond donors (Lipinski definition) is 3. The first kappa shape index (κ1) is 13.3. The molecule has 1 aromatic carbocycles. The number of anilines is 1. The molecule has 0 bridgehead atoms. The molecule has 6 heteroatoms. The lowest BCUT2D eigenvalue weighted by atomic mass is 10.2. The van der Waals surface area contributed by atoms with Gasteiger partial charge in [-0.25, -0.2) is 9.78 Å². The fourth-order valence-electron chi connectivity index (χ4n) is 1.11. The number of phenols is 1. The number of rotatable bonds is 1. The fraction of sp³-hybridized carbons (Fsp3) is 0. The Balaban J connectivity index is 0.000000199. The Morgan fingerprint density at radius 2 is 2.06 bits per heavy atom. The van der Waals surface area contributed by atoms with Crippen LogP contribution >= 0.6 is 0 Å². The zero-order chi connectivity index (χ0) is 13.5. The van der Waals surface area contributed by atoms with Crippen LogP contribution < -0.4 is 15.8 Å². The highest BCUT2D eigenvalue weighted by Gasteiger charge is 2.01. The standard InChI is InChI=1S/C7H6O4.C5H6N2/c8-5-1-4(7(10)11)2-6(9)3-5;6-5-2-1-3-7-4-5/h1-3,8-9H,(H,10,11);1-4H,6H2. The molecule has 6 nitrogen and oxygen atoms in total. The minimum absolute atomic E-state index is 0.199. The van der Waals surface area contributed by atoms with E-state index in [4.69, 9.17) is 15.9 Å². The van der Waals surface area contributed by atoms with Crippen LogP contribution in [0.5, 0.6) is 11.5 Å². The molecular weight excluding hydrogens is 236 g/mol. The SMILES string of the molecule is Nc1ccc[nH+]c1.O=C(O)c1cc([O-])cc(O)c1. The average Bonchev–Trinajstić information content (AvgIpc) is 2.29. The number of carboxylic acids is 1. The predicted octanol–water partition coefficient (Wildman–Crippen LogP) is 0.247. The van der Waals surface area contributed by atoms with Gasteiger partial charge < -0.3 is 21.1 Å². The zero-order valence-corrected chi connectivity index (χ0v) is 9.33. The van der Waals surface area contributed by atoms with E-state index in [0.29, 0.717) is 0 Å². The summed E-state index contributed by atoms with van der Waals surface area (Å²) in [5.41, 5.74) is 5.89. The first-order valence-corrected chi connectivity index (χ1v) is 4.95. The van der Waals surface area contributed by atoms with E-state index in [-0.39, 0.29) is 11.3 Å². The first-order valence-electron chi connectivity index (χ1n) is 4.95. The van der Waals surface area contributed by atoms with Crippen LogP contribution in [0.15, 0.2) is 42.7 Å². The van der Waals surface area contributed by atoms with Gasteiger partial charge in [0.25, 0.3) is 0 Å². The van der Waals surface area contributed by atoms with Crippen molar-refractivity contribution in [3.63, 3.8) is 0 Å². The molecule has 0 amide bonds. The Labute approximate surface area is 103 Å². The molecule has 1 aromatic heterocycles. The molecule has 0 atom stereocenters. The number of hydrogen-bond acceptors (Lipinski definition) is 4. The molecule has 0 fully saturated rings. The average molecular weight is 248 g/mol. The third-order valence-corrected chi connectivity index (χ3v) is 1.87. The van der Waals surface area contributed by atoms with Crippen LogP contribution in [0, 0.1) is 0 Å². The van der Waals surface area contributed by atoms with Gasteiger partial charge in [-0.2, -0.15) is 0 Å². The number of nitrogens with two attached hydrogens (primary N) is 1. The van der Waals surface area contributed by atoms with Crippen molar-refractivity contribution in [1.82, 2.24) is 0 Å². The molecule has 2 aromatic rings. The van der Waals surface area contributed by atoms with Gasteiger partial charge in [-0.05, 0) is 18.2 Å². The van der Waals surface area contributed by atoms with E-state index in [1.807, 2.05) is 18.3 Å². The van der Waals surface area contributed by atoms with E-state index in [1.165, 1.54) is 0 Å². The number of aromatic hydroxyl groups is 1. The molecule has 18 heavy (non-hydrogen) atoms. The van der Waals surface area contributed by atoms with Gasteiger partial charge in [-0.1, -0.05) is 6.07 Å². The van der Waals surface area contributed by atoms with Gasteiger partial charge >= 0.3 is 5.97 Å². The molecule has 5 N–H and O–H groups in total. The molecule has 0 saturated carbocycles. The smallest absolute Gasteiger partial charge is 0.335 e. The Morgan fingerprint density at radius 3 is 2.44 bits per heavy atom. The van der Waals surface area contributed by atoms with Crippen molar-refractivity contribution < 1.29 is 25.1 Å². The largest absolute Gasteiger partial charge is 0.872 e. The normalized spacial score (nSPS) is 9.11. The van der Waals surface area contributed by atoms with Gasteiger partial charge in [0, 0.05) is 6.07 Å². The second kappa shape index (κ2) is 6.09. The number of aromatic amines is 1. The maximum Gasteiger partial charge on any atom is 0.335 e. The van der Waals surface area contributed by atoms with Crippen LogP contribution in [0.25, 0.3) is 0 Å². The summed E-state index contributed by atoms with van der Waals surface area (Å²) in [5.74, 6) is -2.06. The summed E-state index contributed by atoms with van der Waals surface area (Å²) >= 11 is 0. The van der Waals surface area contributed by atoms with E-state index >= 15 is 0 Å². The number of phenolic OH excluding ortho intramolecular Hbond substituents is 1. The number of carboxylic acid groups (broad SMARTS) is 1. The lowest BCUT2D eigenvalue weighted by molar-refractivity contribution is -0.377. The minimum atomic E-state index is -1.22. The highest BCUT2D eigenvalue weighted by Crippen LogP contribution is 2.17. The molecule has 2 rings (SSSR count). The Hall–Kier alpha value is -2.76. The number of benzene rings is 1. The van der Waals surface area contributed by atoms with E-state index in [0.717, 1.165) is 23.9 Å². The fourth-order valence-corrected chi connectivity index (χ4v) is 1.11. The molecule has 0 aliphatic carbocycles. The van der Waals surface area contributed by atoms with Gasteiger partial charge in [-0.15, -0.1) is 5.75 Å². The number of H-pyrrole nitrogens is 1. The minimum Gasteiger partial charge on any atom is -0.872 e. The van der Waals surface area contributed by atoms with Crippen LogP contribution in [-0.4, -0.2) is 16.2 Å². The van der Waals surface area contributed by atoms with Crippen molar-refractivity contribution in [3.8, 4) is 11.5 Å². The molecule has 1 heterocycles. The second-order valence-electron chi connectivity index (χ2n) is 3.36. The topological polar surface area (TPSA) is 121 Å². The second-order valence-corrected chi connectivity index (χ2v) is 3.36. The monoisotopic (exact) mass is 248 g/mol. The van der Waals surface area contributed by atoms with Crippen LogP contribution in [0.1, 0.15) is 10.4 Å². The summed E-state index contributed by atoms with van der Waals surface area (Å²) in [6.07, 6.45) is 3.55. The van der Waals surface area contributed by atoms with Crippen molar-refractivity contribution in [2.45, 2.75) is 0 Å². The zero-order valence-electron chi connectivity index (χ0n) is 9.33. The quantitative estimate of drug-likeness (QED) is 0.667. The van der Waals surface area contributed by atoms with Crippen molar-refractivity contribution in [2.24, 2.45) is 0 Å². The van der Waals surface area contributed by atoms with Crippen molar-refractivity contribution in [1.29, 1.82) is 0 Å².